The smallest absolute Gasteiger partial charge is 0.262 e. The van der Waals surface area contributed by atoms with Gasteiger partial charge in [-0.05, 0) is 56.2 Å². The van der Waals surface area contributed by atoms with Crippen molar-refractivity contribution < 1.29 is 28.7 Å². The average molecular weight is 754 g/mol. The van der Waals surface area contributed by atoms with E-state index in [1.165, 1.54) is 0 Å². The number of fused-ring (bicyclic) bond motifs is 1. The number of rotatable bonds is 9. The van der Waals surface area contributed by atoms with Crippen molar-refractivity contribution in [1.82, 2.24) is 29.8 Å². The van der Waals surface area contributed by atoms with Crippen LogP contribution in [0.5, 0.6) is 11.5 Å². The zero-order valence-corrected chi connectivity index (χ0v) is 32.0. The molecule has 1 aromatic heterocycles. The zero-order valence-electron chi connectivity index (χ0n) is 32.0. The van der Waals surface area contributed by atoms with E-state index in [0.29, 0.717) is 29.1 Å². The van der Waals surface area contributed by atoms with Crippen LogP contribution in [0.2, 0.25) is 0 Å². The molecule has 292 valence electrons. The fourth-order valence-electron chi connectivity index (χ4n) is 9.22. The maximum atomic E-state index is 13.5. The van der Waals surface area contributed by atoms with Gasteiger partial charge in [0, 0.05) is 107 Å². The van der Waals surface area contributed by atoms with E-state index >= 15 is 0 Å². The summed E-state index contributed by atoms with van der Waals surface area (Å²) in [7, 11) is 5.16. The maximum Gasteiger partial charge on any atom is 0.262 e. The summed E-state index contributed by atoms with van der Waals surface area (Å²) in [4.78, 5) is 62.1. The van der Waals surface area contributed by atoms with Crippen molar-refractivity contribution in [2.75, 3.05) is 88.7 Å². The van der Waals surface area contributed by atoms with Crippen LogP contribution >= 0.6 is 0 Å². The molecule has 2 aromatic carbocycles. The number of carbonyl (C=O) groups excluding carboxylic acids is 4. The number of methoxy groups -OCH3 is 2. The lowest BCUT2D eigenvalue weighted by molar-refractivity contribution is -0.136. The normalized spacial score (nSPS) is 22.0. The average Bonchev–Trinajstić information content (AvgIpc) is 3.74. The van der Waals surface area contributed by atoms with E-state index < -0.39 is 29.7 Å². The van der Waals surface area contributed by atoms with Crippen molar-refractivity contribution in [3.63, 3.8) is 0 Å². The quantitative estimate of drug-likeness (QED) is 0.244. The van der Waals surface area contributed by atoms with E-state index in [1.807, 2.05) is 30.2 Å². The number of carbonyl (C=O) groups is 4. The highest BCUT2D eigenvalue weighted by Gasteiger charge is 2.45. The molecule has 1 unspecified atom stereocenters. The molecule has 0 bridgehead atoms. The molecule has 4 fully saturated rings. The van der Waals surface area contributed by atoms with Crippen LogP contribution in [0, 0.1) is 5.92 Å². The summed E-state index contributed by atoms with van der Waals surface area (Å²) in [5.74, 6) is -0.239. The number of nitrogen functional groups attached to an aromatic ring is 1. The Labute approximate surface area is 321 Å². The van der Waals surface area contributed by atoms with Crippen molar-refractivity contribution in [2.24, 2.45) is 13.0 Å². The Bertz CT molecular complexity index is 1970. The Morgan fingerprint density at radius 1 is 0.764 bits per heavy atom. The van der Waals surface area contributed by atoms with E-state index in [2.05, 4.69) is 36.1 Å². The fourth-order valence-corrected chi connectivity index (χ4v) is 9.22. The molecule has 4 saturated heterocycles. The second-order valence-corrected chi connectivity index (χ2v) is 15.5. The monoisotopic (exact) mass is 753 g/mol. The molecule has 0 spiro atoms. The number of nitrogens with one attached hydrogen (secondary N) is 1. The summed E-state index contributed by atoms with van der Waals surface area (Å²) in [6, 6.07) is 7.03. The second kappa shape index (κ2) is 15.2. The third kappa shape index (κ3) is 7.10. The summed E-state index contributed by atoms with van der Waals surface area (Å²) >= 11 is 0. The third-order valence-corrected chi connectivity index (χ3v) is 12.3. The van der Waals surface area contributed by atoms with Crippen LogP contribution in [0.4, 0.5) is 17.1 Å². The maximum absolute atomic E-state index is 13.5. The molecule has 1 atom stereocenters. The van der Waals surface area contributed by atoms with Crippen molar-refractivity contribution in [3.8, 4) is 22.6 Å². The SMILES string of the molecule is COc1cc(N2CCC(N3CCN(CC4CCN(c5cc6c(cc5OC)C(=O)N(C5CCC(=O)NC5=O)C6=O)CC4)CC3)CC2)c(-c2cnn(C)c2)cc1N. The number of benzene rings is 2. The van der Waals surface area contributed by atoms with Gasteiger partial charge in [-0.25, -0.2) is 0 Å². The number of anilines is 3. The van der Waals surface area contributed by atoms with Crippen molar-refractivity contribution in [3.05, 3.63) is 47.8 Å². The van der Waals surface area contributed by atoms with Crippen LogP contribution in [0.25, 0.3) is 11.1 Å². The number of imide groups is 2. The molecule has 0 radical (unpaired) electrons. The molecule has 0 saturated carbocycles. The summed E-state index contributed by atoms with van der Waals surface area (Å²) in [6.45, 7) is 8.95. The van der Waals surface area contributed by atoms with Crippen molar-refractivity contribution >= 4 is 40.7 Å². The fraction of sp³-hybridized carbons (Fsp3) is 0.525. The van der Waals surface area contributed by atoms with Crippen LogP contribution in [0.15, 0.2) is 36.7 Å². The van der Waals surface area contributed by atoms with Gasteiger partial charge in [-0.1, -0.05) is 0 Å². The number of nitrogens with two attached hydrogens (primary N) is 1. The number of ether oxygens (including phenoxy) is 2. The highest BCUT2D eigenvalue weighted by molar-refractivity contribution is 6.24. The zero-order chi connectivity index (χ0) is 38.4. The van der Waals surface area contributed by atoms with E-state index in [0.717, 1.165) is 112 Å². The highest BCUT2D eigenvalue weighted by Crippen LogP contribution is 2.41. The van der Waals surface area contributed by atoms with Crippen LogP contribution in [0.1, 0.15) is 59.2 Å². The molecular formula is C40H51N9O6. The number of hydrogen-bond acceptors (Lipinski definition) is 12. The first-order chi connectivity index (χ1) is 26.6. The minimum atomic E-state index is -0.998. The first-order valence-electron chi connectivity index (χ1n) is 19.5. The molecule has 8 rings (SSSR count). The lowest BCUT2D eigenvalue weighted by Gasteiger charge is -2.44. The summed E-state index contributed by atoms with van der Waals surface area (Å²) < 4.78 is 13.1. The van der Waals surface area contributed by atoms with Gasteiger partial charge in [0.2, 0.25) is 11.8 Å². The second-order valence-electron chi connectivity index (χ2n) is 15.5. The van der Waals surface area contributed by atoms with E-state index in [4.69, 9.17) is 15.2 Å². The van der Waals surface area contributed by atoms with Gasteiger partial charge in [0.15, 0.2) is 0 Å². The van der Waals surface area contributed by atoms with Crippen molar-refractivity contribution in [2.45, 2.75) is 50.6 Å². The number of amides is 4. The molecule has 15 nitrogen and oxygen atoms in total. The summed E-state index contributed by atoms with van der Waals surface area (Å²) in [5.41, 5.74) is 11.5. The minimum absolute atomic E-state index is 0.0834. The topological polar surface area (TPSA) is 159 Å². The first-order valence-corrected chi connectivity index (χ1v) is 19.5. The molecule has 4 amide bonds. The molecular weight excluding hydrogens is 702 g/mol. The Kier molecular flexibility index (Phi) is 10.2. The van der Waals surface area contributed by atoms with Crippen LogP contribution in [-0.4, -0.2) is 133 Å². The largest absolute Gasteiger partial charge is 0.495 e. The van der Waals surface area contributed by atoms with Crippen molar-refractivity contribution in [1.29, 1.82) is 0 Å². The van der Waals surface area contributed by atoms with Gasteiger partial charge < -0.3 is 29.9 Å². The van der Waals surface area contributed by atoms with E-state index in [-0.39, 0.29) is 24.0 Å². The van der Waals surface area contributed by atoms with Gasteiger partial charge >= 0.3 is 0 Å². The van der Waals surface area contributed by atoms with Crippen LogP contribution < -0.4 is 30.3 Å². The molecule has 6 heterocycles. The van der Waals surface area contributed by atoms with E-state index in [1.54, 1.807) is 26.4 Å². The van der Waals surface area contributed by atoms with Gasteiger partial charge in [0.25, 0.3) is 11.8 Å². The number of piperidine rings is 3. The highest BCUT2D eigenvalue weighted by atomic mass is 16.5. The molecule has 15 heteroatoms. The predicted octanol–water partition coefficient (Wildman–Crippen LogP) is 2.59. The van der Waals surface area contributed by atoms with Gasteiger partial charge in [-0.3, -0.25) is 39.0 Å². The van der Waals surface area contributed by atoms with Crippen LogP contribution in [0.3, 0.4) is 0 Å². The predicted molar refractivity (Wildman–Crippen MR) is 207 cm³/mol. The van der Waals surface area contributed by atoms with E-state index in [9.17, 15) is 19.2 Å². The third-order valence-electron chi connectivity index (χ3n) is 12.3. The molecule has 5 aliphatic rings. The Morgan fingerprint density at radius 2 is 1.42 bits per heavy atom. The summed E-state index contributed by atoms with van der Waals surface area (Å²) in [5, 5.41) is 6.65. The number of piperazine rings is 1. The number of nitrogens with zero attached hydrogens (tertiary/aromatic N) is 7. The number of hydrogen-bond donors (Lipinski definition) is 2. The number of aromatic nitrogens is 2. The van der Waals surface area contributed by atoms with Gasteiger partial charge in [0.1, 0.15) is 17.5 Å². The molecule has 0 aliphatic carbocycles. The number of aryl methyl sites for hydroxylation is 1. The molecule has 5 aliphatic heterocycles. The Hall–Kier alpha value is -5.15. The molecule has 3 N–H and O–H groups in total. The van der Waals surface area contributed by atoms with Crippen LogP contribution in [-0.2, 0) is 16.6 Å². The van der Waals surface area contributed by atoms with Gasteiger partial charge in [-0.2, -0.15) is 5.10 Å². The first kappa shape index (κ1) is 36.8. The Balaban J connectivity index is 0.829. The molecule has 3 aromatic rings. The lowest BCUT2D eigenvalue weighted by Crippen LogP contribution is -2.54. The lowest BCUT2D eigenvalue weighted by atomic mass is 9.94. The van der Waals surface area contributed by atoms with Gasteiger partial charge in [-0.15, -0.1) is 0 Å². The minimum Gasteiger partial charge on any atom is -0.495 e. The Morgan fingerprint density at radius 3 is 2.05 bits per heavy atom. The van der Waals surface area contributed by atoms with Gasteiger partial charge in [0.05, 0.1) is 42.9 Å². The molecule has 55 heavy (non-hydrogen) atoms. The standard InChI is InChI=1S/C40H51N9O6/c1-44-24-26(22-42-44)28-18-31(41)35(54-2)21-33(28)47-12-8-27(9-13-47)46-16-14-45(15-17-46)23-25-6-10-48(11-7-25)34-19-29-30(20-36(34)55-3)40(53)49(39(29)52)32-4-5-37(50)43-38(32)51/h18-22,24-25,27,32H,4-17,23,41H2,1-3H3,(H,43,50,51). The summed E-state index contributed by atoms with van der Waals surface area (Å²) in [6.07, 6.45) is 8.38.